The third kappa shape index (κ3) is 3.42. The Morgan fingerprint density at radius 2 is 2.10 bits per heavy atom. The fourth-order valence-electron chi connectivity index (χ4n) is 2.36. The van der Waals surface area contributed by atoms with E-state index in [1.807, 2.05) is 13.0 Å². The van der Waals surface area contributed by atoms with Crippen molar-refractivity contribution in [3.8, 4) is 0 Å². The van der Waals surface area contributed by atoms with E-state index in [2.05, 4.69) is 10.6 Å². The predicted octanol–water partition coefficient (Wildman–Crippen LogP) is 3.17. The van der Waals surface area contributed by atoms with E-state index >= 15 is 0 Å². The van der Waals surface area contributed by atoms with Crippen LogP contribution in [0.1, 0.15) is 31.2 Å². The number of hydrogen-bond donors (Lipinski definition) is 3. The molecular weight excluding hydrogens is 280 g/mol. The number of anilines is 1. The Morgan fingerprint density at radius 1 is 1.40 bits per heavy atom. The van der Waals surface area contributed by atoms with E-state index in [4.69, 9.17) is 16.7 Å². The second-order valence-electron chi connectivity index (χ2n) is 5.24. The third-order valence-electron chi connectivity index (χ3n) is 3.63. The zero-order chi connectivity index (χ0) is 14.8. The molecule has 2 amide bonds. The molecule has 5 nitrogen and oxygen atoms in total. The fourth-order valence-corrected chi connectivity index (χ4v) is 2.53. The largest absolute Gasteiger partial charge is 0.481 e. The zero-order valence-corrected chi connectivity index (χ0v) is 12.0. The van der Waals surface area contributed by atoms with E-state index < -0.39 is 17.5 Å². The minimum atomic E-state index is -0.899. The van der Waals surface area contributed by atoms with Crippen molar-refractivity contribution in [2.75, 3.05) is 5.32 Å². The quantitative estimate of drug-likeness (QED) is 0.798. The van der Waals surface area contributed by atoms with Gasteiger partial charge in [-0.1, -0.05) is 17.7 Å². The average Bonchev–Trinajstić information content (AvgIpc) is 2.30. The molecule has 1 aliphatic carbocycles. The Hall–Kier alpha value is -1.75. The number of amides is 2. The van der Waals surface area contributed by atoms with Crippen LogP contribution in [0.4, 0.5) is 10.5 Å². The van der Waals surface area contributed by atoms with Gasteiger partial charge in [-0.15, -0.1) is 0 Å². The number of halogens is 1. The topological polar surface area (TPSA) is 78.4 Å². The predicted molar refractivity (Wildman–Crippen MR) is 77.2 cm³/mol. The standard InChI is InChI=1S/C14H17ClN2O3/c1-9-3-4-10(15)7-11(9)16-13(20)17-14(5-2-6-14)8-12(18)19/h3-4,7H,2,5-6,8H2,1H3,(H,18,19)(H2,16,17,20). The Bertz CT molecular complexity index is 541. The van der Waals surface area contributed by atoms with Gasteiger partial charge in [-0.3, -0.25) is 4.79 Å². The lowest BCUT2D eigenvalue weighted by molar-refractivity contribution is -0.139. The number of carbonyl (C=O) groups is 2. The van der Waals surface area contributed by atoms with Crippen LogP contribution in [0.2, 0.25) is 5.02 Å². The van der Waals surface area contributed by atoms with Crippen molar-refractivity contribution >= 4 is 29.3 Å². The molecule has 0 aromatic heterocycles. The molecule has 0 heterocycles. The van der Waals surface area contributed by atoms with Gasteiger partial charge < -0.3 is 15.7 Å². The first-order chi connectivity index (χ1) is 9.40. The summed E-state index contributed by atoms with van der Waals surface area (Å²) in [7, 11) is 0. The lowest BCUT2D eigenvalue weighted by Gasteiger charge is -2.41. The van der Waals surface area contributed by atoms with Crippen LogP contribution >= 0.6 is 11.6 Å². The smallest absolute Gasteiger partial charge is 0.319 e. The summed E-state index contributed by atoms with van der Waals surface area (Å²) in [5.74, 6) is -0.899. The van der Waals surface area contributed by atoms with Gasteiger partial charge in [0.05, 0.1) is 12.0 Å². The van der Waals surface area contributed by atoms with Crippen LogP contribution in [0.3, 0.4) is 0 Å². The summed E-state index contributed by atoms with van der Waals surface area (Å²) < 4.78 is 0. The summed E-state index contributed by atoms with van der Waals surface area (Å²) in [5.41, 5.74) is 0.910. The summed E-state index contributed by atoms with van der Waals surface area (Å²) in [6.45, 7) is 1.86. The molecule has 0 atom stereocenters. The van der Waals surface area contributed by atoms with Gasteiger partial charge in [0.1, 0.15) is 0 Å². The zero-order valence-electron chi connectivity index (χ0n) is 11.2. The Labute approximate surface area is 122 Å². The summed E-state index contributed by atoms with van der Waals surface area (Å²) in [6.07, 6.45) is 2.28. The van der Waals surface area contributed by atoms with E-state index in [1.54, 1.807) is 12.1 Å². The van der Waals surface area contributed by atoms with Gasteiger partial charge in [-0.05, 0) is 43.9 Å². The van der Waals surface area contributed by atoms with Gasteiger partial charge in [-0.25, -0.2) is 4.79 Å². The Kier molecular flexibility index (Phi) is 4.18. The van der Waals surface area contributed by atoms with Crippen LogP contribution in [0.25, 0.3) is 0 Å². The van der Waals surface area contributed by atoms with Crippen LogP contribution in [0.15, 0.2) is 18.2 Å². The maximum Gasteiger partial charge on any atom is 0.319 e. The molecular formula is C14H17ClN2O3. The van der Waals surface area contributed by atoms with Crippen molar-refractivity contribution in [2.45, 2.75) is 38.1 Å². The summed E-state index contributed by atoms with van der Waals surface area (Å²) >= 11 is 5.89. The number of carboxylic acid groups (broad SMARTS) is 1. The highest BCUT2D eigenvalue weighted by molar-refractivity contribution is 6.31. The fraction of sp³-hybridized carbons (Fsp3) is 0.429. The molecule has 1 saturated carbocycles. The number of aliphatic carboxylic acids is 1. The number of carboxylic acids is 1. The summed E-state index contributed by atoms with van der Waals surface area (Å²) in [4.78, 5) is 22.9. The van der Waals surface area contributed by atoms with Gasteiger partial charge in [0.25, 0.3) is 0 Å². The highest BCUT2D eigenvalue weighted by Crippen LogP contribution is 2.35. The lowest BCUT2D eigenvalue weighted by atomic mass is 9.74. The lowest BCUT2D eigenvalue weighted by Crippen LogP contribution is -2.55. The van der Waals surface area contributed by atoms with E-state index in [1.165, 1.54) is 0 Å². The molecule has 108 valence electrons. The third-order valence-corrected chi connectivity index (χ3v) is 3.86. The molecule has 3 N–H and O–H groups in total. The Morgan fingerprint density at radius 3 is 2.65 bits per heavy atom. The van der Waals surface area contributed by atoms with E-state index in [0.29, 0.717) is 23.6 Å². The van der Waals surface area contributed by atoms with Gasteiger partial charge in [0.2, 0.25) is 0 Å². The van der Waals surface area contributed by atoms with Crippen molar-refractivity contribution in [1.29, 1.82) is 0 Å². The average molecular weight is 297 g/mol. The van der Waals surface area contributed by atoms with Gasteiger partial charge in [-0.2, -0.15) is 0 Å². The van der Waals surface area contributed by atoms with Crippen molar-refractivity contribution < 1.29 is 14.7 Å². The monoisotopic (exact) mass is 296 g/mol. The number of hydrogen-bond acceptors (Lipinski definition) is 2. The molecule has 1 fully saturated rings. The highest BCUT2D eigenvalue weighted by atomic mass is 35.5. The first-order valence-corrected chi connectivity index (χ1v) is 6.85. The number of benzene rings is 1. The van der Waals surface area contributed by atoms with Gasteiger partial charge in [0.15, 0.2) is 0 Å². The van der Waals surface area contributed by atoms with E-state index in [0.717, 1.165) is 12.0 Å². The molecule has 6 heteroatoms. The van der Waals surface area contributed by atoms with Crippen molar-refractivity contribution in [2.24, 2.45) is 0 Å². The number of carbonyl (C=O) groups excluding carboxylic acids is 1. The number of nitrogens with one attached hydrogen (secondary N) is 2. The van der Waals surface area contributed by atoms with Gasteiger partial charge in [0, 0.05) is 10.7 Å². The SMILES string of the molecule is Cc1ccc(Cl)cc1NC(=O)NC1(CC(=O)O)CCC1. The molecule has 20 heavy (non-hydrogen) atoms. The molecule has 1 aromatic rings. The molecule has 1 aliphatic rings. The maximum absolute atomic E-state index is 12.0. The van der Waals surface area contributed by atoms with Crippen molar-refractivity contribution in [1.82, 2.24) is 5.32 Å². The molecule has 0 saturated heterocycles. The molecule has 0 aliphatic heterocycles. The molecule has 0 spiro atoms. The minimum Gasteiger partial charge on any atom is -0.481 e. The van der Waals surface area contributed by atoms with E-state index in [9.17, 15) is 9.59 Å². The number of urea groups is 1. The molecule has 0 radical (unpaired) electrons. The maximum atomic E-state index is 12.0. The second kappa shape index (κ2) is 5.71. The summed E-state index contributed by atoms with van der Waals surface area (Å²) in [5, 5.41) is 14.9. The molecule has 0 unspecified atom stereocenters. The van der Waals surface area contributed by atoms with E-state index in [-0.39, 0.29) is 6.42 Å². The number of rotatable bonds is 4. The van der Waals surface area contributed by atoms with Crippen LogP contribution < -0.4 is 10.6 Å². The second-order valence-corrected chi connectivity index (χ2v) is 5.68. The normalized spacial score (nSPS) is 16.1. The van der Waals surface area contributed by atoms with Crippen LogP contribution in [-0.4, -0.2) is 22.6 Å². The highest BCUT2D eigenvalue weighted by Gasteiger charge is 2.40. The number of aryl methyl sites for hydroxylation is 1. The Balaban J connectivity index is 2.01. The molecule has 1 aromatic carbocycles. The molecule has 0 bridgehead atoms. The van der Waals surface area contributed by atoms with Crippen LogP contribution in [0, 0.1) is 6.92 Å². The van der Waals surface area contributed by atoms with Crippen LogP contribution in [0.5, 0.6) is 0 Å². The van der Waals surface area contributed by atoms with Crippen LogP contribution in [-0.2, 0) is 4.79 Å². The van der Waals surface area contributed by atoms with Gasteiger partial charge >= 0.3 is 12.0 Å². The first-order valence-electron chi connectivity index (χ1n) is 6.47. The first kappa shape index (κ1) is 14.7. The van der Waals surface area contributed by atoms with Crippen molar-refractivity contribution in [3.63, 3.8) is 0 Å². The summed E-state index contributed by atoms with van der Waals surface area (Å²) in [6, 6.07) is 4.84. The molecule has 2 rings (SSSR count). The van der Waals surface area contributed by atoms with Crippen molar-refractivity contribution in [3.05, 3.63) is 28.8 Å². The minimum absolute atomic E-state index is 0.0467.